The van der Waals surface area contributed by atoms with Crippen LogP contribution in [0.25, 0.3) is 0 Å². The first kappa shape index (κ1) is 15.2. The molecule has 10 nitrogen and oxygen atoms in total. The smallest absolute Gasteiger partial charge is 0.364 e. The zero-order valence-corrected chi connectivity index (χ0v) is 9.43. The molecule has 92 valence electrons. The van der Waals surface area contributed by atoms with Crippen molar-refractivity contribution in [3.8, 4) is 0 Å². The van der Waals surface area contributed by atoms with Crippen LogP contribution in [0.15, 0.2) is 0 Å². The molecule has 0 radical (unpaired) electrons. The lowest BCUT2D eigenvalue weighted by atomic mass is 10.8. The fourth-order valence-corrected chi connectivity index (χ4v) is 5.03. The Labute approximate surface area is 83.6 Å². The number of rotatable bonds is 4. The van der Waals surface area contributed by atoms with Crippen molar-refractivity contribution in [2.75, 3.05) is 6.61 Å². The highest BCUT2D eigenvalue weighted by atomic mass is 32.2. The van der Waals surface area contributed by atoms with Crippen molar-refractivity contribution in [1.29, 1.82) is 0 Å². The highest BCUT2D eigenvalue weighted by Gasteiger charge is 2.69. The molecule has 0 aromatic rings. The van der Waals surface area contributed by atoms with Crippen LogP contribution in [0.2, 0.25) is 0 Å². The summed E-state index contributed by atoms with van der Waals surface area (Å²) in [6.07, 6.45) is 0. The lowest BCUT2D eigenvalue weighted by molar-refractivity contribution is 0.246. The van der Waals surface area contributed by atoms with E-state index in [4.69, 9.17) is 29.2 Å². The van der Waals surface area contributed by atoms with Crippen LogP contribution >= 0.6 is 15.2 Å². The molecule has 0 rings (SSSR count). The molecule has 0 saturated carbocycles. The van der Waals surface area contributed by atoms with Gasteiger partial charge in [0.2, 0.25) is 0 Å². The molecule has 0 aliphatic carbocycles. The minimum atomic E-state index is -6.00. The molecule has 6 N–H and O–H groups in total. The van der Waals surface area contributed by atoms with Crippen molar-refractivity contribution in [2.24, 2.45) is 0 Å². The molecule has 0 unspecified atom stereocenters. The maximum atomic E-state index is 10.7. The summed E-state index contributed by atoms with van der Waals surface area (Å²) in [7, 11) is -17.9. The van der Waals surface area contributed by atoms with E-state index in [1.165, 1.54) is 0 Å². The molecule has 0 aromatic heterocycles. The van der Waals surface area contributed by atoms with Crippen LogP contribution in [-0.4, -0.2) is 48.5 Å². The van der Waals surface area contributed by atoms with Crippen molar-refractivity contribution in [3.63, 3.8) is 0 Å². The number of aliphatic hydroxyl groups is 1. The Morgan fingerprint density at radius 2 is 1.27 bits per heavy atom. The van der Waals surface area contributed by atoms with E-state index >= 15 is 0 Å². The summed E-state index contributed by atoms with van der Waals surface area (Å²) in [5, 5.41) is 8.46. The first-order chi connectivity index (χ1) is 6.31. The van der Waals surface area contributed by atoms with E-state index in [0.717, 1.165) is 0 Å². The van der Waals surface area contributed by atoms with Gasteiger partial charge in [0.05, 0.1) is 6.61 Å². The molecule has 13 heteroatoms. The Morgan fingerprint density at radius 1 is 1.00 bits per heavy atom. The summed E-state index contributed by atoms with van der Waals surface area (Å²) in [6.45, 7) is -2.12. The first-order valence-corrected chi connectivity index (χ1v) is 7.67. The Morgan fingerprint density at radius 3 is 1.27 bits per heavy atom. The van der Waals surface area contributed by atoms with Gasteiger partial charge in [-0.2, -0.15) is 8.42 Å². The molecule has 0 bridgehead atoms. The van der Waals surface area contributed by atoms with Crippen molar-refractivity contribution < 1.29 is 46.8 Å². The van der Waals surface area contributed by atoms with Gasteiger partial charge >= 0.3 is 19.4 Å². The molecule has 0 saturated heterocycles. The summed E-state index contributed by atoms with van der Waals surface area (Å²) < 4.78 is 46.7. The van der Waals surface area contributed by atoms with E-state index in [1.54, 1.807) is 0 Å². The number of hydrogen-bond donors (Lipinski definition) is 6. The molecule has 0 aromatic carbocycles. The van der Waals surface area contributed by atoms with E-state index in [2.05, 4.69) is 0 Å². The molecule has 0 atom stereocenters. The van der Waals surface area contributed by atoms with Gasteiger partial charge in [0.25, 0.3) is 10.1 Å². The van der Waals surface area contributed by atoms with E-state index in [1.807, 2.05) is 0 Å². The zero-order chi connectivity index (χ0) is 12.7. The topological polar surface area (TPSA) is 190 Å². The van der Waals surface area contributed by atoms with Gasteiger partial charge in [-0.1, -0.05) is 0 Å². The van der Waals surface area contributed by atoms with Crippen LogP contribution in [0.5, 0.6) is 0 Å². The van der Waals surface area contributed by atoms with Crippen molar-refractivity contribution in [3.05, 3.63) is 0 Å². The van der Waals surface area contributed by atoms with E-state index in [0.29, 0.717) is 0 Å². The van der Waals surface area contributed by atoms with Gasteiger partial charge in [-0.3, -0.25) is 13.7 Å². The van der Waals surface area contributed by atoms with Crippen LogP contribution in [-0.2, 0) is 19.2 Å². The molecule has 0 heterocycles. The SMILES string of the molecule is O=P(O)(O)C(CO)(P(=O)(O)O)S(=O)(=O)O. The van der Waals surface area contributed by atoms with Gasteiger partial charge < -0.3 is 24.7 Å². The molecule has 0 amide bonds. The van der Waals surface area contributed by atoms with Crippen LogP contribution in [0, 0.1) is 0 Å². The van der Waals surface area contributed by atoms with Crippen LogP contribution < -0.4 is 0 Å². The third-order valence-electron chi connectivity index (χ3n) is 1.53. The summed E-state index contributed by atoms with van der Waals surface area (Å²) in [5.41, 5.74) is 0. The van der Waals surface area contributed by atoms with Gasteiger partial charge in [0.1, 0.15) is 0 Å². The Kier molecular flexibility index (Phi) is 3.92. The van der Waals surface area contributed by atoms with Crippen LogP contribution in [0.3, 0.4) is 0 Å². The summed E-state index contributed by atoms with van der Waals surface area (Å²) >= 11 is 0. The maximum absolute atomic E-state index is 10.7. The van der Waals surface area contributed by atoms with Gasteiger partial charge in [0.15, 0.2) is 0 Å². The van der Waals surface area contributed by atoms with Gasteiger partial charge in [0, 0.05) is 0 Å². The number of aliphatic hydroxyl groups excluding tert-OH is 1. The molecule has 15 heavy (non-hydrogen) atoms. The number of hydrogen-bond acceptors (Lipinski definition) is 5. The van der Waals surface area contributed by atoms with E-state index in [-0.39, 0.29) is 0 Å². The average molecular weight is 286 g/mol. The molecular weight excluding hydrogens is 278 g/mol. The summed E-state index contributed by atoms with van der Waals surface area (Å²) in [4.78, 5) is 34.1. The molecular formula is C2H8O10P2S. The second-order valence-corrected chi connectivity index (χ2v) is 8.77. The van der Waals surface area contributed by atoms with E-state index in [9.17, 15) is 17.5 Å². The third-order valence-corrected chi connectivity index (χ3v) is 8.96. The highest BCUT2D eigenvalue weighted by Crippen LogP contribution is 2.70. The Hall–Kier alpha value is 0.170. The highest BCUT2D eigenvalue weighted by molar-refractivity contribution is 8.04. The predicted octanol–water partition coefficient (Wildman–Crippen LogP) is -2.12. The van der Waals surface area contributed by atoms with Crippen LogP contribution in [0.4, 0.5) is 0 Å². The van der Waals surface area contributed by atoms with Crippen LogP contribution in [0.1, 0.15) is 0 Å². The van der Waals surface area contributed by atoms with E-state index < -0.39 is 36.1 Å². The quantitative estimate of drug-likeness (QED) is 0.246. The molecule has 0 spiro atoms. The second kappa shape index (κ2) is 3.88. The minimum Gasteiger partial charge on any atom is -0.393 e. The van der Waals surface area contributed by atoms with Crippen molar-refractivity contribution in [1.82, 2.24) is 0 Å². The van der Waals surface area contributed by atoms with Gasteiger partial charge in [-0.25, -0.2) is 0 Å². The third kappa shape index (κ3) is 2.31. The summed E-state index contributed by atoms with van der Waals surface area (Å²) in [5.74, 6) is 0. The molecule has 0 aliphatic heterocycles. The Bertz CT molecular complexity index is 400. The fourth-order valence-electron chi connectivity index (χ4n) is 0.736. The van der Waals surface area contributed by atoms with Crippen molar-refractivity contribution in [2.45, 2.75) is 4.23 Å². The standard InChI is InChI=1S/C2H8O10P2S/c3-1-2(13(4,5)6,14(7,8)9)15(10,11)12/h3H,1H2,(H2,4,5,6)(H2,7,8,9)(H,10,11,12). The molecule has 0 aliphatic rings. The molecule has 0 fully saturated rings. The zero-order valence-electron chi connectivity index (χ0n) is 6.83. The average Bonchev–Trinajstić information content (AvgIpc) is 1.76. The first-order valence-electron chi connectivity index (χ1n) is 3.00. The van der Waals surface area contributed by atoms with Gasteiger partial charge in [-0.15, -0.1) is 0 Å². The lowest BCUT2D eigenvalue weighted by Gasteiger charge is -2.29. The van der Waals surface area contributed by atoms with Gasteiger partial charge in [-0.05, 0) is 0 Å². The second-order valence-electron chi connectivity index (χ2n) is 2.46. The maximum Gasteiger partial charge on any atom is 0.364 e. The monoisotopic (exact) mass is 286 g/mol. The summed E-state index contributed by atoms with van der Waals surface area (Å²) in [6, 6.07) is 0. The Balaban J connectivity index is 6.29. The van der Waals surface area contributed by atoms with Crippen molar-refractivity contribution >= 4 is 25.3 Å². The largest absolute Gasteiger partial charge is 0.393 e. The normalized spacial score (nSPS) is 15.3. The fraction of sp³-hybridized carbons (Fsp3) is 1.00. The minimum absolute atomic E-state index is 2.12. The predicted molar refractivity (Wildman–Crippen MR) is 45.5 cm³/mol. The lowest BCUT2D eigenvalue weighted by Crippen LogP contribution is -2.41.